The van der Waals surface area contributed by atoms with E-state index in [2.05, 4.69) is 68.4 Å². The maximum Gasteiger partial charge on any atom is 0.183 e. The third-order valence-electron chi connectivity index (χ3n) is 8.38. The molecule has 1 aliphatic carbocycles. The van der Waals surface area contributed by atoms with Gasteiger partial charge < -0.3 is 9.47 Å². The zero-order valence-electron chi connectivity index (χ0n) is 21.8. The zero-order chi connectivity index (χ0) is 24.5. The first kappa shape index (κ1) is 25.9. The van der Waals surface area contributed by atoms with Crippen molar-refractivity contribution in [3.05, 3.63) is 59.7 Å². The molecular formula is C32H43NO2. The van der Waals surface area contributed by atoms with E-state index in [1.54, 1.807) is 0 Å². The average Bonchev–Trinajstić information content (AvgIpc) is 2.93. The van der Waals surface area contributed by atoms with Gasteiger partial charge in [-0.3, -0.25) is 0 Å². The van der Waals surface area contributed by atoms with Crippen LogP contribution >= 0.6 is 0 Å². The number of rotatable bonds is 10. The molecule has 1 heterocycles. The summed E-state index contributed by atoms with van der Waals surface area (Å²) in [5.74, 6) is 1.10. The highest BCUT2D eigenvalue weighted by molar-refractivity contribution is 5.64. The number of benzene rings is 2. The Morgan fingerprint density at radius 1 is 0.800 bits per heavy atom. The van der Waals surface area contributed by atoms with Crippen molar-refractivity contribution < 1.29 is 9.47 Å². The second kappa shape index (κ2) is 12.7. The molecule has 0 radical (unpaired) electrons. The lowest BCUT2D eigenvalue weighted by molar-refractivity contribution is -0.205. The summed E-state index contributed by atoms with van der Waals surface area (Å²) in [6, 6.07) is 20.4. The van der Waals surface area contributed by atoms with Crippen molar-refractivity contribution in [1.29, 1.82) is 5.26 Å². The third kappa shape index (κ3) is 6.75. The molecule has 0 atom stereocenters. The lowest BCUT2D eigenvalue weighted by Crippen LogP contribution is -2.26. The molecule has 2 aliphatic rings. The number of unbranched alkanes of at least 4 members (excludes halogenated alkanes) is 4. The summed E-state index contributed by atoms with van der Waals surface area (Å²) in [6.45, 7) is 5.99. The fourth-order valence-electron chi connectivity index (χ4n) is 5.74. The van der Waals surface area contributed by atoms with Crippen LogP contribution in [0.1, 0.15) is 108 Å². The first-order valence-electron chi connectivity index (χ1n) is 14.0. The van der Waals surface area contributed by atoms with E-state index in [0.717, 1.165) is 57.3 Å². The molecule has 0 unspecified atom stereocenters. The summed E-state index contributed by atoms with van der Waals surface area (Å²) < 4.78 is 11.8. The van der Waals surface area contributed by atoms with Crippen molar-refractivity contribution in [2.24, 2.45) is 11.3 Å². The van der Waals surface area contributed by atoms with Crippen LogP contribution < -0.4 is 0 Å². The van der Waals surface area contributed by atoms with E-state index in [0.29, 0.717) is 11.8 Å². The predicted molar refractivity (Wildman–Crippen MR) is 143 cm³/mol. The maximum absolute atomic E-state index is 9.92. The largest absolute Gasteiger partial charge is 0.348 e. The van der Waals surface area contributed by atoms with Crippen LogP contribution in [0, 0.1) is 22.7 Å². The van der Waals surface area contributed by atoms with Crippen molar-refractivity contribution in [3.8, 4) is 17.2 Å². The lowest BCUT2D eigenvalue weighted by atomic mass is 9.67. The maximum atomic E-state index is 9.92. The molecule has 0 N–H and O–H groups in total. The van der Waals surface area contributed by atoms with E-state index >= 15 is 0 Å². The van der Waals surface area contributed by atoms with Crippen molar-refractivity contribution in [2.45, 2.75) is 96.7 Å². The topological polar surface area (TPSA) is 42.2 Å². The first-order chi connectivity index (χ1) is 17.2. The number of nitriles is 1. The highest BCUT2D eigenvalue weighted by Crippen LogP contribution is 2.46. The van der Waals surface area contributed by atoms with Gasteiger partial charge in [-0.2, -0.15) is 5.26 Å². The molecule has 0 aromatic heterocycles. The second-order valence-corrected chi connectivity index (χ2v) is 10.8. The highest BCUT2D eigenvalue weighted by atomic mass is 16.7. The monoisotopic (exact) mass is 473 g/mol. The number of hydrogen-bond acceptors (Lipinski definition) is 3. The zero-order valence-corrected chi connectivity index (χ0v) is 21.8. The molecule has 0 spiro atoms. The van der Waals surface area contributed by atoms with Crippen LogP contribution in [0.2, 0.25) is 0 Å². The van der Waals surface area contributed by atoms with Crippen LogP contribution in [-0.2, 0) is 9.47 Å². The van der Waals surface area contributed by atoms with E-state index in [1.807, 2.05) is 0 Å². The summed E-state index contributed by atoms with van der Waals surface area (Å²) in [4.78, 5) is 0. The minimum atomic E-state index is -0.239. The summed E-state index contributed by atoms with van der Waals surface area (Å²) in [5, 5.41) is 9.92. The van der Waals surface area contributed by atoms with Crippen LogP contribution in [0.3, 0.4) is 0 Å². The van der Waals surface area contributed by atoms with Crippen molar-refractivity contribution in [3.63, 3.8) is 0 Å². The Hall–Kier alpha value is -2.15. The normalized spacial score (nSPS) is 26.8. The van der Waals surface area contributed by atoms with Crippen LogP contribution in [0.15, 0.2) is 48.5 Å². The summed E-state index contributed by atoms with van der Waals surface area (Å²) in [6.07, 6.45) is 12.7. The fourth-order valence-corrected chi connectivity index (χ4v) is 5.74. The Morgan fingerprint density at radius 3 is 1.91 bits per heavy atom. The molecule has 1 aliphatic heterocycles. The van der Waals surface area contributed by atoms with Gasteiger partial charge in [0.25, 0.3) is 0 Å². The van der Waals surface area contributed by atoms with Gasteiger partial charge in [-0.05, 0) is 61.1 Å². The Bertz CT molecular complexity index is 927. The Balaban J connectivity index is 1.29. The van der Waals surface area contributed by atoms with Gasteiger partial charge in [0.05, 0.1) is 24.7 Å². The number of nitrogens with zero attached hydrogens (tertiary/aromatic N) is 1. The number of hydrogen-bond donors (Lipinski definition) is 0. The van der Waals surface area contributed by atoms with Crippen molar-refractivity contribution in [2.75, 3.05) is 13.2 Å². The Labute approximate surface area is 212 Å². The van der Waals surface area contributed by atoms with Gasteiger partial charge in [0.15, 0.2) is 6.29 Å². The molecule has 3 nitrogen and oxygen atoms in total. The standard InChI is InChI=1S/C32H43NO2/c1-3-5-6-7-8-19-32(24-33)20-17-29(18-21-32)28-11-9-26(10-12-28)27-13-15-30(16-14-27)31-34-22-25(4-2)23-35-31/h9-16,25,29,31H,3-8,17-23H2,1-2H3. The Morgan fingerprint density at radius 2 is 1.37 bits per heavy atom. The molecule has 0 amide bonds. The van der Waals surface area contributed by atoms with Crippen LogP contribution in [0.4, 0.5) is 0 Å². The van der Waals surface area contributed by atoms with E-state index in [1.165, 1.54) is 48.8 Å². The minimum absolute atomic E-state index is 0.0758. The minimum Gasteiger partial charge on any atom is -0.348 e. The van der Waals surface area contributed by atoms with E-state index in [4.69, 9.17) is 9.47 Å². The summed E-state index contributed by atoms with van der Waals surface area (Å²) >= 11 is 0. The molecule has 1 saturated carbocycles. The van der Waals surface area contributed by atoms with Crippen LogP contribution in [0.5, 0.6) is 0 Å². The fraction of sp³-hybridized carbons (Fsp3) is 0.594. The van der Waals surface area contributed by atoms with Crippen molar-refractivity contribution >= 4 is 0 Å². The lowest BCUT2D eigenvalue weighted by Gasteiger charge is -2.35. The molecule has 4 rings (SSSR count). The smallest absolute Gasteiger partial charge is 0.183 e. The van der Waals surface area contributed by atoms with E-state index in [-0.39, 0.29) is 11.7 Å². The third-order valence-corrected chi connectivity index (χ3v) is 8.38. The van der Waals surface area contributed by atoms with Gasteiger partial charge >= 0.3 is 0 Å². The number of ether oxygens (including phenoxy) is 2. The molecule has 35 heavy (non-hydrogen) atoms. The molecule has 2 aromatic carbocycles. The first-order valence-corrected chi connectivity index (χ1v) is 14.0. The van der Waals surface area contributed by atoms with Crippen LogP contribution in [-0.4, -0.2) is 13.2 Å². The van der Waals surface area contributed by atoms with E-state index < -0.39 is 0 Å². The highest BCUT2D eigenvalue weighted by Gasteiger charge is 2.35. The van der Waals surface area contributed by atoms with Gasteiger partial charge in [-0.1, -0.05) is 94.5 Å². The van der Waals surface area contributed by atoms with Gasteiger partial charge in [-0.15, -0.1) is 0 Å². The Kier molecular flexibility index (Phi) is 9.41. The van der Waals surface area contributed by atoms with E-state index in [9.17, 15) is 5.26 Å². The van der Waals surface area contributed by atoms with Gasteiger partial charge in [-0.25, -0.2) is 0 Å². The van der Waals surface area contributed by atoms with Gasteiger partial charge in [0, 0.05) is 11.5 Å². The van der Waals surface area contributed by atoms with Gasteiger partial charge in [0.2, 0.25) is 0 Å². The molecule has 188 valence electrons. The molecule has 0 bridgehead atoms. The molecular weight excluding hydrogens is 430 g/mol. The second-order valence-electron chi connectivity index (χ2n) is 10.8. The summed E-state index contributed by atoms with van der Waals surface area (Å²) in [7, 11) is 0. The molecule has 3 heteroatoms. The van der Waals surface area contributed by atoms with Gasteiger partial charge in [0.1, 0.15) is 0 Å². The predicted octanol–water partition coefficient (Wildman–Crippen LogP) is 8.95. The van der Waals surface area contributed by atoms with Crippen molar-refractivity contribution in [1.82, 2.24) is 0 Å². The molecule has 2 aromatic rings. The SMILES string of the molecule is CCCCCCCC1(C#N)CCC(c2ccc(-c3ccc(C4OCC(CC)CO4)cc3)cc2)CC1. The molecule has 1 saturated heterocycles. The summed E-state index contributed by atoms with van der Waals surface area (Å²) in [5.41, 5.74) is 4.90. The average molecular weight is 474 g/mol. The van der Waals surface area contributed by atoms with Crippen LogP contribution in [0.25, 0.3) is 11.1 Å². The molecule has 2 fully saturated rings. The quantitative estimate of drug-likeness (QED) is 0.323.